The van der Waals surface area contributed by atoms with E-state index in [1.54, 1.807) is 4.90 Å². The summed E-state index contributed by atoms with van der Waals surface area (Å²) in [5.41, 5.74) is 0. The van der Waals surface area contributed by atoms with Crippen molar-refractivity contribution in [2.24, 2.45) is 0 Å². The summed E-state index contributed by atoms with van der Waals surface area (Å²) < 4.78 is 22.0. The Morgan fingerprint density at radius 2 is 1.71 bits per heavy atom. The van der Waals surface area contributed by atoms with Gasteiger partial charge in [0.05, 0.1) is 5.75 Å². The average molecular weight is 262 g/mol. The lowest BCUT2D eigenvalue weighted by atomic mass is 10.2. The summed E-state index contributed by atoms with van der Waals surface area (Å²) in [7, 11) is -3.04. The summed E-state index contributed by atoms with van der Waals surface area (Å²) in [6.45, 7) is 7.45. The van der Waals surface area contributed by atoms with Crippen LogP contribution in [0.1, 0.15) is 20.3 Å². The molecule has 1 rings (SSSR count). The number of sulfone groups is 1. The molecular weight excluding hydrogens is 240 g/mol. The molecule has 1 fully saturated rings. The molecule has 1 heterocycles. The molecule has 0 aromatic carbocycles. The second-order valence-electron chi connectivity index (χ2n) is 4.89. The molecule has 5 nitrogen and oxygen atoms in total. The van der Waals surface area contributed by atoms with Crippen molar-refractivity contribution in [3.05, 3.63) is 0 Å². The molecule has 100 valence electrons. The largest absolute Gasteiger partial charge is 0.340 e. The van der Waals surface area contributed by atoms with Gasteiger partial charge in [-0.05, 0) is 13.8 Å². The number of carbonyl (C=O) groups is 1. The standard InChI is InChI=1S/C11H22N2O3S/c1-10(2)12-5-7-13(8-6-12)11(14)4-9-17(3,15)16/h10H,4-9H2,1-3H3. The number of amides is 1. The third-order valence-corrected chi connectivity index (χ3v) is 4.03. The molecule has 0 aromatic rings. The highest BCUT2D eigenvalue weighted by Crippen LogP contribution is 2.07. The topological polar surface area (TPSA) is 57.7 Å². The van der Waals surface area contributed by atoms with Crippen LogP contribution < -0.4 is 0 Å². The second kappa shape index (κ2) is 5.82. The van der Waals surface area contributed by atoms with Crippen LogP contribution in [0.3, 0.4) is 0 Å². The van der Waals surface area contributed by atoms with Crippen LogP contribution in [0, 0.1) is 0 Å². The Kier molecular flexibility index (Phi) is 4.94. The molecule has 0 spiro atoms. The Balaban J connectivity index is 2.36. The van der Waals surface area contributed by atoms with Crippen molar-refractivity contribution in [3.8, 4) is 0 Å². The van der Waals surface area contributed by atoms with E-state index in [1.807, 2.05) is 0 Å². The lowest BCUT2D eigenvalue weighted by Gasteiger charge is -2.36. The van der Waals surface area contributed by atoms with Crippen LogP contribution in [0.25, 0.3) is 0 Å². The van der Waals surface area contributed by atoms with Crippen LogP contribution in [0.5, 0.6) is 0 Å². The average Bonchev–Trinajstić information content (AvgIpc) is 2.25. The maximum absolute atomic E-state index is 11.8. The van der Waals surface area contributed by atoms with Crippen LogP contribution in [-0.4, -0.2) is 68.4 Å². The van der Waals surface area contributed by atoms with Crippen LogP contribution in [0.4, 0.5) is 0 Å². The molecule has 1 aliphatic rings. The van der Waals surface area contributed by atoms with Crippen LogP contribution in [0.2, 0.25) is 0 Å². The van der Waals surface area contributed by atoms with Crippen LogP contribution >= 0.6 is 0 Å². The normalized spacial score (nSPS) is 18.7. The highest BCUT2D eigenvalue weighted by Gasteiger charge is 2.22. The van der Waals surface area contributed by atoms with E-state index >= 15 is 0 Å². The van der Waals surface area contributed by atoms with Gasteiger partial charge in [-0.1, -0.05) is 0 Å². The summed E-state index contributed by atoms with van der Waals surface area (Å²) in [6, 6.07) is 0.503. The summed E-state index contributed by atoms with van der Waals surface area (Å²) in [5.74, 6) is -0.0882. The van der Waals surface area contributed by atoms with E-state index in [1.165, 1.54) is 0 Å². The minimum Gasteiger partial charge on any atom is -0.340 e. The molecule has 0 saturated carbocycles. The van der Waals surface area contributed by atoms with Gasteiger partial charge in [-0.3, -0.25) is 9.69 Å². The summed E-state index contributed by atoms with van der Waals surface area (Å²) in [5, 5.41) is 0. The quantitative estimate of drug-likeness (QED) is 0.714. The van der Waals surface area contributed by atoms with Crippen molar-refractivity contribution in [1.29, 1.82) is 0 Å². The molecule has 1 saturated heterocycles. The monoisotopic (exact) mass is 262 g/mol. The first-order valence-electron chi connectivity index (χ1n) is 5.99. The zero-order chi connectivity index (χ0) is 13.1. The lowest BCUT2D eigenvalue weighted by molar-refractivity contribution is -0.132. The fourth-order valence-electron chi connectivity index (χ4n) is 1.92. The number of hydrogen-bond acceptors (Lipinski definition) is 4. The first kappa shape index (κ1) is 14.4. The molecule has 0 N–H and O–H groups in total. The van der Waals surface area contributed by atoms with E-state index in [0.717, 1.165) is 19.3 Å². The number of rotatable bonds is 4. The number of nitrogens with zero attached hydrogens (tertiary/aromatic N) is 2. The van der Waals surface area contributed by atoms with Crippen molar-refractivity contribution in [2.45, 2.75) is 26.3 Å². The van der Waals surface area contributed by atoms with Crippen molar-refractivity contribution in [3.63, 3.8) is 0 Å². The Morgan fingerprint density at radius 1 is 1.18 bits per heavy atom. The predicted octanol–water partition coefficient (Wildman–Crippen LogP) is -0.0263. The zero-order valence-electron chi connectivity index (χ0n) is 10.8. The van der Waals surface area contributed by atoms with E-state index in [4.69, 9.17) is 0 Å². The van der Waals surface area contributed by atoms with E-state index in [-0.39, 0.29) is 18.1 Å². The van der Waals surface area contributed by atoms with Gasteiger partial charge in [0.1, 0.15) is 9.84 Å². The highest BCUT2D eigenvalue weighted by molar-refractivity contribution is 7.90. The molecule has 0 aliphatic carbocycles. The third-order valence-electron chi connectivity index (χ3n) is 3.08. The van der Waals surface area contributed by atoms with E-state index in [2.05, 4.69) is 18.7 Å². The van der Waals surface area contributed by atoms with Gasteiger partial charge in [-0.2, -0.15) is 0 Å². The molecule has 1 amide bonds. The molecular formula is C11H22N2O3S. The van der Waals surface area contributed by atoms with Crippen LogP contribution in [-0.2, 0) is 14.6 Å². The van der Waals surface area contributed by atoms with Crippen LogP contribution in [0.15, 0.2) is 0 Å². The lowest BCUT2D eigenvalue weighted by Crippen LogP contribution is -2.50. The van der Waals surface area contributed by atoms with Gasteiger partial charge in [0, 0.05) is 44.9 Å². The van der Waals surface area contributed by atoms with Gasteiger partial charge in [-0.15, -0.1) is 0 Å². The molecule has 0 aromatic heterocycles. The molecule has 0 atom stereocenters. The highest BCUT2D eigenvalue weighted by atomic mass is 32.2. The Hall–Kier alpha value is -0.620. The Morgan fingerprint density at radius 3 is 2.12 bits per heavy atom. The molecule has 1 aliphatic heterocycles. The molecule has 6 heteroatoms. The summed E-state index contributed by atoms with van der Waals surface area (Å²) >= 11 is 0. The van der Waals surface area contributed by atoms with Gasteiger partial charge < -0.3 is 4.90 Å². The first-order chi connectivity index (χ1) is 7.79. The van der Waals surface area contributed by atoms with Crippen molar-refractivity contribution >= 4 is 15.7 Å². The van der Waals surface area contributed by atoms with Crippen molar-refractivity contribution in [2.75, 3.05) is 38.2 Å². The number of carbonyl (C=O) groups excluding carboxylic acids is 1. The number of hydrogen-bond donors (Lipinski definition) is 0. The SMILES string of the molecule is CC(C)N1CCN(C(=O)CCS(C)(=O)=O)CC1. The fraction of sp³-hybridized carbons (Fsp3) is 0.909. The smallest absolute Gasteiger partial charge is 0.223 e. The molecule has 0 unspecified atom stereocenters. The van der Waals surface area contributed by atoms with E-state index < -0.39 is 9.84 Å². The Bertz CT molecular complexity index is 357. The summed E-state index contributed by atoms with van der Waals surface area (Å²) in [4.78, 5) is 15.9. The van der Waals surface area contributed by atoms with Crippen molar-refractivity contribution in [1.82, 2.24) is 9.80 Å². The van der Waals surface area contributed by atoms with Gasteiger partial charge in [0.25, 0.3) is 0 Å². The second-order valence-corrected chi connectivity index (χ2v) is 7.15. The van der Waals surface area contributed by atoms with E-state index in [0.29, 0.717) is 19.1 Å². The number of piperazine rings is 1. The molecule has 0 radical (unpaired) electrons. The maximum Gasteiger partial charge on any atom is 0.223 e. The molecule has 0 bridgehead atoms. The van der Waals surface area contributed by atoms with Gasteiger partial charge in [-0.25, -0.2) is 8.42 Å². The van der Waals surface area contributed by atoms with Gasteiger partial charge in [0.2, 0.25) is 5.91 Å². The van der Waals surface area contributed by atoms with E-state index in [9.17, 15) is 13.2 Å². The predicted molar refractivity (Wildman–Crippen MR) is 67.6 cm³/mol. The molecule has 17 heavy (non-hydrogen) atoms. The van der Waals surface area contributed by atoms with Gasteiger partial charge >= 0.3 is 0 Å². The minimum absolute atomic E-state index is 0.0427. The zero-order valence-corrected chi connectivity index (χ0v) is 11.7. The maximum atomic E-state index is 11.8. The minimum atomic E-state index is -3.04. The Labute approximate surface area is 104 Å². The summed E-state index contributed by atoms with van der Waals surface area (Å²) in [6.07, 6.45) is 1.28. The fourth-order valence-corrected chi connectivity index (χ4v) is 2.46. The third kappa shape index (κ3) is 5.04. The first-order valence-corrected chi connectivity index (χ1v) is 8.05. The van der Waals surface area contributed by atoms with Crippen molar-refractivity contribution < 1.29 is 13.2 Å². The van der Waals surface area contributed by atoms with Gasteiger partial charge in [0.15, 0.2) is 0 Å².